The predicted octanol–water partition coefficient (Wildman–Crippen LogP) is 3.08. The molecule has 0 radical (unpaired) electrons. The van der Waals surface area contributed by atoms with Crippen molar-refractivity contribution < 1.29 is 29.0 Å². The number of alkyl carbamates (subject to hydrolysis) is 1. The highest BCUT2D eigenvalue weighted by Gasteiger charge is 2.30. The molecule has 2 aliphatic carbocycles. The van der Waals surface area contributed by atoms with Gasteiger partial charge < -0.3 is 25.2 Å². The van der Waals surface area contributed by atoms with Gasteiger partial charge in [0.15, 0.2) is 0 Å². The van der Waals surface area contributed by atoms with E-state index in [9.17, 15) is 14.4 Å². The number of hydrogen-bond acceptors (Lipinski definition) is 5. The van der Waals surface area contributed by atoms with Crippen LogP contribution in [0, 0.1) is 5.92 Å². The van der Waals surface area contributed by atoms with E-state index < -0.39 is 24.1 Å². The Morgan fingerprint density at radius 3 is 2.29 bits per heavy atom. The third kappa shape index (κ3) is 5.28. The van der Waals surface area contributed by atoms with Gasteiger partial charge in [0.05, 0.1) is 24.5 Å². The number of nitrogens with one attached hydrogen (secondary N) is 2. The van der Waals surface area contributed by atoms with Crippen LogP contribution in [0.4, 0.5) is 4.79 Å². The van der Waals surface area contributed by atoms with Crippen LogP contribution in [0.25, 0.3) is 11.1 Å². The Labute approximate surface area is 198 Å². The molecule has 8 heteroatoms. The average Bonchev–Trinajstić information content (AvgIpc) is 3.42. The summed E-state index contributed by atoms with van der Waals surface area (Å²) in [4.78, 5) is 35.7. The van der Waals surface area contributed by atoms with Crippen LogP contribution in [0.2, 0.25) is 0 Å². The van der Waals surface area contributed by atoms with Crippen molar-refractivity contribution in [3.63, 3.8) is 0 Å². The number of carboxylic acid groups (broad SMARTS) is 1. The molecule has 2 amide bonds. The molecule has 0 aromatic heterocycles. The van der Waals surface area contributed by atoms with Crippen molar-refractivity contribution in [3.8, 4) is 11.1 Å². The number of amides is 2. The standard InChI is InChI=1S/C26H28N2O6/c1-33-18(13-24(29)30)14-27-25(31)16-10-11-17(12-16)28-26(32)34-15-23-21-8-4-2-6-19(21)20-7-3-5-9-22(20)23/h2-11,16-18,23H,12-15H2,1H3,(H,27,31)(H,28,32)(H,29,30). The van der Waals surface area contributed by atoms with Crippen LogP contribution in [-0.2, 0) is 19.1 Å². The molecule has 3 N–H and O–H groups in total. The zero-order chi connectivity index (χ0) is 24.1. The normalized spacial score (nSPS) is 19.2. The molecule has 2 aliphatic rings. The third-order valence-corrected chi connectivity index (χ3v) is 6.31. The number of carbonyl (C=O) groups excluding carboxylic acids is 2. The lowest BCUT2D eigenvalue weighted by Gasteiger charge is -2.18. The summed E-state index contributed by atoms with van der Waals surface area (Å²) in [6.45, 7) is 0.332. The van der Waals surface area contributed by atoms with Crippen LogP contribution in [0.3, 0.4) is 0 Å². The fraction of sp³-hybridized carbons (Fsp3) is 0.346. The minimum Gasteiger partial charge on any atom is -0.481 e. The average molecular weight is 465 g/mol. The van der Waals surface area contributed by atoms with Gasteiger partial charge in [-0.25, -0.2) is 4.79 Å². The maximum absolute atomic E-state index is 12.5. The van der Waals surface area contributed by atoms with Crippen LogP contribution in [0.15, 0.2) is 60.7 Å². The molecule has 4 rings (SSSR count). The summed E-state index contributed by atoms with van der Waals surface area (Å²) in [5.74, 6) is -1.66. The molecular weight excluding hydrogens is 436 g/mol. The lowest BCUT2D eigenvalue weighted by molar-refractivity contribution is -0.140. The highest BCUT2D eigenvalue weighted by molar-refractivity contribution is 5.82. The van der Waals surface area contributed by atoms with Crippen LogP contribution >= 0.6 is 0 Å². The Morgan fingerprint density at radius 2 is 1.68 bits per heavy atom. The fourth-order valence-corrected chi connectivity index (χ4v) is 4.57. The summed E-state index contributed by atoms with van der Waals surface area (Å²) in [5, 5.41) is 14.4. The van der Waals surface area contributed by atoms with E-state index in [1.165, 1.54) is 18.2 Å². The molecule has 8 nitrogen and oxygen atoms in total. The lowest BCUT2D eigenvalue weighted by Crippen LogP contribution is -2.39. The van der Waals surface area contributed by atoms with E-state index in [4.69, 9.17) is 14.6 Å². The highest BCUT2D eigenvalue weighted by atomic mass is 16.5. The molecular formula is C26H28N2O6. The Hall–Kier alpha value is -3.65. The van der Waals surface area contributed by atoms with Crippen LogP contribution < -0.4 is 10.6 Å². The first-order chi connectivity index (χ1) is 16.5. The van der Waals surface area contributed by atoms with Crippen molar-refractivity contribution in [2.24, 2.45) is 5.92 Å². The highest BCUT2D eigenvalue weighted by Crippen LogP contribution is 2.44. The van der Waals surface area contributed by atoms with E-state index in [0.29, 0.717) is 6.42 Å². The van der Waals surface area contributed by atoms with Crippen LogP contribution in [0.5, 0.6) is 0 Å². The number of rotatable bonds is 9. The second kappa shape index (κ2) is 10.5. The zero-order valence-electron chi connectivity index (χ0n) is 18.9. The fourth-order valence-electron chi connectivity index (χ4n) is 4.57. The second-order valence-corrected chi connectivity index (χ2v) is 8.50. The maximum atomic E-state index is 12.5. The Bertz CT molecular complexity index is 1050. The summed E-state index contributed by atoms with van der Waals surface area (Å²) in [7, 11) is 1.41. The molecule has 0 fully saturated rings. The van der Waals surface area contributed by atoms with Crippen LogP contribution in [0.1, 0.15) is 29.9 Å². The monoisotopic (exact) mass is 464 g/mol. The van der Waals surface area contributed by atoms with Crippen molar-refractivity contribution in [2.75, 3.05) is 20.3 Å². The SMILES string of the molecule is COC(CNC(=O)C1C=CC(NC(=O)OCC2c3ccccc3-c3ccccc32)C1)CC(=O)O. The number of ether oxygens (including phenoxy) is 2. The number of carbonyl (C=O) groups is 3. The van der Waals surface area contributed by atoms with Gasteiger partial charge >= 0.3 is 12.1 Å². The minimum absolute atomic E-state index is 0.0182. The Kier molecular flexibility index (Phi) is 7.27. The second-order valence-electron chi connectivity index (χ2n) is 8.50. The van der Waals surface area contributed by atoms with E-state index in [-0.39, 0.29) is 37.4 Å². The summed E-state index contributed by atoms with van der Waals surface area (Å²) >= 11 is 0. The first kappa shape index (κ1) is 23.5. The number of aliphatic carboxylic acids is 1. The maximum Gasteiger partial charge on any atom is 0.407 e. The minimum atomic E-state index is -0.991. The number of fused-ring (bicyclic) bond motifs is 3. The van der Waals surface area contributed by atoms with Crippen molar-refractivity contribution in [1.82, 2.24) is 10.6 Å². The topological polar surface area (TPSA) is 114 Å². The Morgan fingerprint density at radius 1 is 1.03 bits per heavy atom. The molecule has 2 aromatic rings. The van der Waals surface area contributed by atoms with Gasteiger partial charge in [-0.2, -0.15) is 0 Å². The van der Waals surface area contributed by atoms with E-state index in [2.05, 4.69) is 34.9 Å². The first-order valence-corrected chi connectivity index (χ1v) is 11.3. The molecule has 0 aliphatic heterocycles. The molecule has 0 bridgehead atoms. The quantitative estimate of drug-likeness (QED) is 0.492. The molecule has 0 saturated carbocycles. The zero-order valence-corrected chi connectivity index (χ0v) is 18.9. The summed E-state index contributed by atoms with van der Waals surface area (Å²) in [5.41, 5.74) is 4.62. The third-order valence-electron chi connectivity index (χ3n) is 6.31. The lowest BCUT2D eigenvalue weighted by atomic mass is 9.98. The Balaban J connectivity index is 1.25. The molecule has 34 heavy (non-hydrogen) atoms. The predicted molar refractivity (Wildman–Crippen MR) is 125 cm³/mol. The summed E-state index contributed by atoms with van der Waals surface area (Å²) in [6.07, 6.45) is 2.61. The van der Waals surface area contributed by atoms with Gasteiger partial charge in [0, 0.05) is 19.6 Å². The van der Waals surface area contributed by atoms with Gasteiger partial charge in [-0.3, -0.25) is 9.59 Å². The molecule has 0 saturated heterocycles. The van der Waals surface area contributed by atoms with Gasteiger partial charge in [0.1, 0.15) is 6.61 Å². The smallest absolute Gasteiger partial charge is 0.407 e. The van der Waals surface area contributed by atoms with Gasteiger partial charge in [0.25, 0.3) is 0 Å². The van der Waals surface area contributed by atoms with E-state index in [1.807, 2.05) is 24.3 Å². The molecule has 0 heterocycles. The first-order valence-electron chi connectivity index (χ1n) is 11.3. The molecule has 178 valence electrons. The van der Waals surface area contributed by atoms with E-state index in [0.717, 1.165) is 11.1 Å². The van der Waals surface area contributed by atoms with Crippen molar-refractivity contribution in [3.05, 3.63) is 71.8 Å². The van der Waals surface area contributed by atoms with E-state index >= 15 is 0 Å². The van der Waals surface area contributed by atoms with Gasteiger partial charge in [-0.15, -0.1) is 0 Å². The molecule has 0 spiro atoms. The van der Waals surface area contributed by atoms with Crippen molar-refractivity contribution >= 4 is 18.0 Å². The molecule has 2 aromatic carbocycles. The summed E-state index contributed by atoms with van der Waals surface area (Å²) in [6, 6.07) is 16.0. The number of hydrogen-bond donors (Lipinski definition) is 3. The number of benzene rings is 2. The van der Waals surface area contributed by atoms with Crippen LogP contribution in [-0.4, -0.2) is 55.5 Å². The van der Waals surface area contributed by atoms with Gasteiger partial charge in [-0.1, -0.05) is 60.7 Å². The summed E-state index contributed by atoms with van der Waals surface area (Å²) < 4.78 is 10.6. The number of methoxy groups -OCH3 is 1. The van der Waals surface area contributed by atoms with Crippen molar-refractivity contribution in [2.45, 2.75) is 30.9 Å². The van der Waals surface area contributed by atoms with Gasteiger partial charge in [0.2, 0.25) is 5.91 Å². The largest absolute Gasteiger partial charge is 0.481 e. The molecule has 3 atom stereocenters. The molecule has 3 unspecified atom stereocenters. The van der Waals surface area contributed by atoms with Crippen molar-refractivity contribution in [1.29, 1.82) is 0 Å². The van der Waals surface area contributed by atoms with Gasteiger partial charge in [-0.05, 0) is 28.7 Å². The number of carboxylic acids is 1. The van der Waals surface area contributed by atoms with E-state index in [1.54, 1.807) is 12.2 Å².